The second-order valence-electron chi connectivity index (χ2n) is 30.9. The molecule has 11 aromatic rings. The third-order valence-electron chi connectivity index (χ3n) is 21.4. The number of primary amides is 1. The van der Waals surface area contributed by atoms with Crippen molar-refractivity contribution in [2.75, 3.05) is 94.8 Å². The maximum Gasteiger partial charge on any atom is 0.416 e. The number of ketones is 1. The number of methoxy groups -OCH3 is 2. The summed E-state index contributed by atoms with van der Waals surface area (Å²) in [6.45, 7) is 10.6. The number of nitrogens with two attached hydrogens (primary N) is 1. The topological polar surface area (TPSA) is 634 Å². The molecule has 4 aliphatic heterocycles. The van der Waals surface area contributed by atoms with Gasteiger partial charge in [0.25, 0.3) is 11.8 Å². The van der Waals surface area contributed by atoms with Crippen LogP contribution in [0.2, 0.25) is 0 Å². The van der Waals surface area contributed by atoms with Gasteiger partial charge in [-0.15, -0.1) is 0 Å². The summed E-state index contributed by atoms with van der Waals surface area (Å²) in [6.07, 6.45) is 4.98. The second kappa shape index (κ2) is 49.1. The van der Waals surface area contributed by atoms with Crippen molar-refractivity contribution in [3.8, 4) is 46.6 Å². The summed E-state index contributed by atoms with van der Waals surface area (Å²) >= 11 is 1.15. The van der Waals surface area contributed by atoms with Gasteiger partial charge >= 0.3 is 36.1 Å². The van der Waals surface area contributed by atoms with Crippen LogP contribution in [-0.2, 0) is 75.6 Å². The summed E-state index contributed by atoms with van der Waals surface area (Å²) in [5.74, 6) is -3.30. The third kappa shape index (κ3) is 28.2. The quantitative estimate of drug-likeness (QED) is 0.00412. The molecule has 0 bridgehead atoms. The first-order valence-corrected chi connectivity index (χ1v) is 43.3. The van der Waals surface area contributed by atoms with Gasteiger partial charge in [-0.3, -0.25) is 33.4 Å². The number of nitriles is 2. The number of Topliss-reactive ketones (excluding diaryl/α,β-unsaturated/α-hetero) is 1. The number of benzene rings is 5. The number of esters is 2. The van der Waals surface area contributed by atoms with E-state index in [-0.39, 0.29) is 71.0 Å². The zero-order valence-corrected chi connectivity index (χ0v) is 76.0. The number of aromatic amines is 1. The molecule has 6 atom stereocenters. The molecule has 1 aliphatic carbocycles. The molecule has 16 rings (SSSR count). The first kappa shape index (κ1) is 104. The molecule has 1 saturated carbocycles. The van der Waals surface area contributed by atoms with E-state index in [4.69, 9.17) is 68.2 Å². The van der Waals surface area contributed by atoms with Crippen molar-refractivity contribution < 1.29 is 129 Å². The van der Waals surface area contributed by atoms with Crippen LogP contribution in [0.5, 0.6) is 23.1 Å². The van der Waals surface area contributed by atoms with Gasteiger partial charge in [-0.2, -0.15) is 23.7 Å². The number of phenols is 1. The molecule has 5 aromatic carbocycles. The minimum atomic E-state index is -4.40. The van der Waals surface area contributed by atoms with Crippen LogP contribution >= 0.6 is 11.8 Å². The number of amides is 6. The lowest BCUT2D eigenvalue weighted by Crippen LogP contribution is -2.38. The lowest BCUT2D eigenvalue weighted by molar-refractivity contribution is -0.392. The number of cyclic esters (lactones) is 1. The first-order valence-electron chi connectivity index (χ1n) is 42.4. The number of aromatic hydroxyl groups is 2. The molecule has 5 aliphatic rings. The zero-order chi connectivity index (χ0) is 100. The van der Waals surface area contributed by atoms with Gasteiger partial charge in [-0.25, -0.2) is 39.3 Å². The molecular weight excluding hydrogens is 1850 g/mol. The first-order chi connectivity index (χ1) is 66.7. The van der Waals surface area contributed by atoms with E-state index >= 15 is 0 Å². The number of nitro groups is 1. The molecule has 6 amide bonds. The van der Waals surface area contributed by atoms with Gasteiger partial charge in [0.1, 0.15) is 95.0 Å². The number of imidazole rings is 3. The molecule has 6 aromatic heterocycles. The highest BCUT2D eigenvalue weighted by molar-refractivity contribution is 7.99. The molecule has 45 nitrogen and oxygen atoms in total. The number of H-pyrrole nitrogens is 1. The second-order valence-corrected chi connectivity index (χ2v) is 31.9. The summed E-state index contributed by atoms with van der Waals surface area (Å²) in [5.41, 5.74) is 12.3. The van der Waals surface area contributed by atoms with E-state index in [2.05, 4.69) is 71.5 Å². The number of rotatable bonds is 28. The van der Waals surface area contributed by atoms with Crippen molar-refractivity contribution in [2.45, 2.75) is 119 Å². The number of ether oxygens (including phenoxy) is 8. The van der Waals surface area contributed by atoms with Crippen LogP contribution in [0, 0.1) is 58.5 Å². The molecular formula is C90H95F3N20O25S. The number of aliphatic hydroxyl groups excluding tert-OH is 3. The number of aromatic nitrogens is 10. The Kier molecular flexibility index (Phi) is 36.7. The smallest absolute Gasteiger partial charge is 0.416 e. The largest absolute Gasteiger partial charge is 0.507 e. The van der Waals surface area contributed by atoms with Gasteiger partial charge in [0.15, 0.2) is 46.5 Å². The highest BCUT2D eigenvalue weighted by atomic mass is 32.2. The van der Waals surface area contributed by atoms with Crippen molar-refractivity contribution in [2.24, 2.45) is 24.6 Å². The number of alkyl carbamates (subject to hydrolysis) is 1. The lowest BCUT2D eigenvalue weighted by atomic mass is 9.94. The van der Waals surface area contributed by atoms with Crippen LogP contribution in [-0.4, -0.2) is 230 Å². The summed E-state index contributed by atoms with van der Waals surface area (Å²) in [7, 11) is 4.77. The van der Waals surface area contributed by atoms with Crippen LogP contribution in [0.25, 0.3) is 22.5 Å². The average Bonchev–Trinajstić information content (AvgIpc) is 1.80. The number of carbonyl (C=O) groups excluding carboxylic acids is 8. The fourth-order valence-electron chi connectivity index (χ4n) is 13.8. The molecule has 4 fully saturated rings. The minimum Gasteiger partial charge on any atom is -0.507 e. The number of hydrogen-bond acceptors (Lipinski definition) is 36. The van der Waals surface area contributed by atoms with E-state index in [0.29, 0.717) is 123 Å². The molecule has 6 unspecified atom stereocenters. The van der Waals surface area contributed by atoms with Crippen LogP contribution in [0.15, 0.2) is 166 Å². The number of carbonyl (C=O) groups is 8. The van der Waals surface area contributed by atoms with Gasteiger partial charge in [0, 0.05) is 91.9 Å². The maximum absolute atomic E-state index is 12.5. The Morgan fingerprint density at radius 2 is 1.57 bits per heavy atom. The zero-order valence-electron chi connectivity index (χ0n) is 75.2. The number of oxazole rings is 1. The van der Waals surface area contributed by atoms with Gasteiger partial charge in [0.2, 0.25) is 18.1 Å². The van der Waals surface area contributed by atoms with Crippen molar-refractivity contribution >= 4 is 99.1 Å². The van der Waals surface area contributed by atoms with E-state index in [9.17, 15) is 82.1 Å². The molecule has 0 spiro atoms. The molecule has 0 radical (unpaired) electrons. The Morgan fingerprint density at radius 3 is 2.19 bits per heavy atom. The summed E-state index contributed by atoms with van der Waals surface area (Å²) in [6, 6.07) is 26.1. The normalized spacial score (nSPS) is 16.5. The number of aryl methyl sites for hydroxylation is 2. The Balaban J connectivity index is 0.000000163. The predicted molar refractivity (Wildman–Crippen MR) is 482 cm³/mol. The van der Waals surface area contributed by atoms with Crippen LogP contribution in [0.3, 0.4) is 0 Å². The molecule has 10 heterocycles. The molecule has 139 heavy (non-hydrogen) atoms. The Morgan fingerprint density at radius 1 is 0.849 bits per heavy atom. The van der Waals surface area contributed by atoms with E-state index < -0.39 is 95.4 Å². The van der Waals surface area contributed by atoms with Gasteiger partial charge in [-0.1, -0.05) is 28.9 Å². The monoisotopic (exact) mass is 1940 g/mol. The number of nitrogens with zero attached hydrogens (tertiary/aromatic N) is 13. The number of phenolic OH excluding ortho intramolecular Hbond substituents is 1. The standard InChI is InChI=1S/C23H24N4O6.C23H31NO7.C14H11N3O2.C12H9F3N2O2.C9H7N7O2S.C9H13N3O6/c1-30-20-10-17(5-6-19(20)21-12-24-14-32-21)27-22(28)26-16-4-2-3-15(9-16)11-25-23(29)33-18-7-8-31-13-18;1-15(5-7-19(25)30-13-10-24-8-11-29-12-9-24)4-6-17-21(26)20-18(14-31-23(20)27)16(2)22(17)28-3;15-7-9-1-5-11(6-2-9)17-14(19)12(8-16)13(18)10-3-4-10;1-7-10(6-16-19-7)11(18)17-9-4-2-8(3-5-9)12(13,14)15;1-15-4-14-7(16(17)18)9(15)19-8-5-6(11-2-10-5)12-3-13-8;10-7(16)4-8(17)12(2-11-4)9-6(15)5(14)3(1-13)18-9/h2-6,9-10,12,14,18H,7-8,11,13H2,1H3,(H,25,29)(H2,26,27,28);4,26H,5-14H2,1-3H3;1-2,5-6,10,12H,3-4H2,(H,17,19);2-6H,1H3,(H,17,18);2-4H,1H3,(H,10,11,12,13);2-3,5-6,9,13-15,17H,1H2,(H2,10,16)/b;15-4-;;;;. The number of urea groups is 1. The number of alkyl halides is 3. The van der Waals surface area contributed by atoms with E-state index in [1.807, 2.05) is 32.1 Å². The molecule has 732 valence electrons. The summed E-state index contributed by atoms with van der Waals surface area (Å²) in [5, 5.41) is 94.7. The van der Waals surface area contributed by atoms with Gasteiger partial charge in [0.05, 0.1) is 94.8 Å². The highest BCUT2D eigenvalue weighted by Gasteiger charge is 2.45. The molecule has 3 saturated heterocycles. The SMILES string of the molecule is COc1c(C)c2c(c(O)c1C/C=C(/C)CCC(=O)OCCN1CCOCC1)C(=O)OC2.COc1cc(NC(=O)Nc2cccc(CNC(=O)OC3CCOC3)c2)ccc1-c1cnco1.Cc1oncc1C(=O)Nc1ccc(C(F)(F)F)cc1.Cn1cnc([N+](=O)[O-])c1Sc1ncnc2nc[nH]c12.N#Cc1ccc(NC(=O)C(C#N)C(=O)C2CC2)cc1.NC(=O)c1ncn(C2OC(CO)C(O)C2O)c1O. The minimum absolute atomic E-state index is 0.0912. The van der Waals surface area contributed by atoms with Gasteiger partial charge in [-0.05, 0) is 152 Å². The fourth-order valence-corrected chi connectivity index (χ4v) is 14.7. The number of allylic oxidation sites excluding steroid dienone is 2. The van der Waals surface area contributed by atoms with Crippen LogP contribution in [0.1, 0.15) is 116 Å². The number of morpholine rings is 1. The summed E-state index contributed by atoms with van der Waals surface area (Å²) in [4.78, 5) is 133. The van der Waals surface area contributed by atoms with E-state index in [1.165, 1.54) is 50.8 Å². The highest BCUT2D eigenvalue weighted by Crippen LogP contribution is 2.43. The number of nitrogens with one attached hydrogen (secondary N) is 6. The van der Waals surface area contributed by atoms with Gasteiger partial charge < -0.3 is 124 Å². The Labute approximate surface area is 792 Å². The van der Waals surface area contributed by atoms with E-state index in [1.54, 1.807) is 98.6 Å². The number of anilines is 4. The van der Waals surface area contributed by atoms with Crippen molar-refractivity contribution in [3.63, 3.8) is 0 Å². The third-order valence-corrected chi connectivity index (χ3v) is 22.5. The number of halogens is 3. The molecule has 13 N–H and O–H groups in total. The number of fused-ring (bicyclic) bond motifs is 2. The van der Waals surface area contributed by atoms with Crippen molar-refractivity contribution in [1.82, 2.24) is 59.4 Å². The maximum atomic E-state index is 12.5. The average molecular weight is 1950 g/mol. The number of aliphatic hydroxyl groups is 3. The molecule has 49 heteroatoms. The number of hydrogen-bond donors (Lipinski definition) is 12. The fraction of sp³-hybridized carbons (Fsp3) is 0.344. The van der Waals surface area contributed by atoms with Crippen molar-refractivity contribution in [3.05, 3.63) is 213 Å². The predicted octanol–water partition coefficient (Wildman–Crippen LogP) is 9.85. The Bertz CT molecular complexity index is 6280. The lowest BCUT2D eigenvalue weighted by Gasteiger charge is -2.26. The Hall–Kier alpha value is -15.8. The van der Waals surface area contributed by atoms with E-state index in [0.717, 1.165) is 103 Å². The van der Waals surface area contributed by atoms with Crippen LogP contribution in [0.4, 0.5) is 51.3 Å². The van der Waals surface area contributed by atoms with Crippen LogP contribution < -0.4 is 41.8 Å². The summed E-state index contributed by atoms with van der Waals surface area (Å²) < 4.78 is 91.8. The van der Waals surface area contributed by atoms with Crippen molar-refractivity contribution in [1.29, 1.82) is 10.5 Å².